The highest BCUT2D eigenvalue weighted by Gasteiger charge is 2.45. The van der Waals surface area contributed by atoms with Gasteiger partial charge in [-0.3, -0.25) is 4.79 Å². The number of nitrogens with zero attached hydrogens (tertiary/aromatic N) is 4. The van der Waals surface area contributed by atoms with Crippen molar-refractivity contribution in [3.8, 4) is 11.4 Å². The molecule has 0 spiro atoms. The Kier molecular flexibility index (Phi) is 7.64. The van der Waals surface area contributed by atoms with Crippen LogP contribution in [0, 0.1) is 5.92 Å². The number of ether oxygens (including phenoxy) is 1. The van der Waals surface area contributed by atoms with Crippen molar-refractivity contribution in [2.75, 3.05) is 13.1 Å². The van der Waals surface area contributed by atoms with Gasteiger partial charge in [-0.25, -0.2) is 18.1 Å². The molecule has 15 heteroatoms. The lowest BCUT2D eigenvalue weighted by Crippen LogP contribution is -2.47. The Labute approximate surface area is 225 Å². The summed E-state index contributed by atoms with van der Waals surface area (Å²) in [4.78, 5) is 18.2. The van der Waals surface area contributed by atoms with E-state index in [9.17, 15) is 39.6 Å². The van der Waals surface area contributed by atoms with Gasteiger partial charge in [0.05, 0.1) is 26.5 Å². The van der Waals surface area contributed by atoms with Crippen LogP contribution in [0.1, 0.15) is 42.6 Å². The fraction of sp³-hybridized carbons (Fsp3) is 0.400. The number of hydrogen-bond donors (Lipinski definition) is 0. The lowest BCUT2D eigenvalue weighted by molar-refractivity contribution is -0.274. The van der Waals surface area contributed by atoms with Crippen LogP contribution in [0.2, 0.25) is 0 Å². The van der Waals surface area contributed by atoms with Gasteiger partial charge in [0.25, 0.3) is 5.91 Å². The first-order chi connectivity index (χ1) is 18.5. The first kappa shape index (κ1) is 29.4. The van der Waals surface area contributed by atoms with Gasteiger partial charge in [-0.1, -0.05) is 6.07 Å². The number of alkyl halides is 6. The molecule has 1 saturated heterocycles. The smallest absolute Gasteiger partial charge is 0.406 e. The van der Waals surface area contributed by atoms with Crippen molar-refractivity contribution >= 4 is 15.7 Å². The number of likely N-dealkylation sites (tertiary alicyclic amines) is 1. The van der Waals surface area contributed by atoms with Crippen LogP contribution in [-0.2, 0) is 16.0 Å². The van der Waals surface area contributed by atoms with Crippen molar-refractivity contribution in [3.05, 3.63) is 66.2 Å². The third-order valence-electron chi connectivity index (χ3n) is 7.03. The Morgan fingerprint density at radius 3 is 2.25 bits per heavy atom. The van der Waals surface area contributed by atoms with Crippen molar-refractivity contribution in [3.63, 3.8) is 0 Å². The minimum Gasteiger partial charge on any atom is -0.406 e. The van der Waals surface area contributed by atoms with Crippen LogP contribution in [0.5, 0.6) is 5.75 Å². The number of halogens is 6. The molecule has 0 N–H and O–H groups in total. The van der Waals surface area contributed by atoms with Gasteiger partial charge in [0.2, 0.25) is 0 Å². The number of hydrogen-bond acceptors (Lipinski definition) is 6. The van der Waals surface area contributed by atoms with Gasteiger partial charge in [0.15, 0.2) is 9.84 Å². The Bertz CT molecular complexity index is 1480. The monoisotopic (exact) mass is 590 g/mol. The molecule has 1 aliphatic rings. The zero-order valence-electron chi connectivity index (χ0n) is 21.2. The summed E-state index contributed by atoms with van der Waals surface area (Å²) >= 11 is 0. The van der Waals surface area contributed by atoms with Crippen LogP contribution in [0.4, 0.5) is 26.3 Å². The van der Waals surface area contributed by atoms with E-state index in [2.05, 4.69) is 14.8 Å². The molecule has 0 radical (unpaired) electrons. The first-order valence-corrected chi connectivity index (χ1v) is 13.4. The van der Waals surface area contributed by atoms with Crippen LogP contribution >= 0.6 is 0 Å². The molecular formula is C25H24F6N4O4S. The topological polar surface area (TPSA) is 94.4 Å². The van der Waals surface area contributed by atoms with Crippen molar-refractivity contribution in [2.24, 2.45) is 5.92 Å². The Morgan fingerprint density at radius 1 is 1.00 bits per heavy atom. The molecule has 1 fully saturated rings. The Morgan fingerprint density at radius 2 is 1.68 bits per heavy atom. The summed E-state index contributed by atoms with van der Waals surface area (Å²) in [6.07, 6.45) is -6.85. The molecule has 216 valence electrons. The summed E-state index contributed by atoms with van der Waals surface area (Å²) in [6.45, 7) is 3.13. The SMILES string of the molecule is CC(C)(C1CCN(C(=O)c2ccc(OC(F)(F)F)cc2-n2cncn2)CC1)S(=O)(=O)c1cccc(C(F)(F)F)c1. The number of piperidine rings is 1. The Hall–Kier alpha value is -3.62. The molecule has 0 saturated carbocycles. The number of rotatable bonds is 6. The zero-order valence-corrected chi connectivity index (χ0v) is 22.0. The third kappa shape index (κ3) is 5.93. The van der Waals surface area contributed by atoms with Gasteiger partial charge in [-0.15, -0.1) is 13.2 Å². The van der Waals surface area contributed by atoms with E-state index in [0.29, 0.717) is 6.07 Å². The normalized spacial score (nSPS) is 15.8. The predicted molar refractivity (Wildman–Crippen MR) is 129 cm³/mol. The van der Waals surface area contributed by atoms with Crippen molar-refractivity contribution in [2.45, 2.75) is 48.9 Å². The minimum atomic E-state index is -4.95. The molecule has 1 aliphatic heterocycles. The standard InChI is InChI=1S/C25H24F6N4O4S/c1-23(2,40(37,38)19-5-3-4-17(12-19)24(26,27)28)16-8-10-34(11-9-16)22(36)20-7-6-18(39-25(29,30)31)13-21(20)35-15-32-14-33-35/h3-7,12-16H,8-11H2,1-2H3. The number of benzene rings is 2. The molecule has 40 heavy (non-hydrogen) atoms. The molecule has 1 aromatic heterocycles. The summed E-state index contributed by atoms with van der Waals surface area (Å²) in [5, 5.41) is 3.89. The van der Waals surface area contributed by atoms with E-state index in [1.807, 2.05) is 0 Å². The largest absolute Gasteiger partial charge is 0.573 e. The molecule has 8 nitrogen and oxygen atoms in total. The third-order valence-corrected chi connectivity index (χ3v) is 9.62. The molecular weight excluding hydrogens is 566 g/mol. The maximum atomic E-state index is 13.4. The summed E-state index contributed by atoms with van der Waals surface area (Å²) in [5.41, 5.74) is -1.05. The highest BCUT2D eigenvalue weighted by molar-refractivity contribution is 7.92. The number of carbonyl (C=O) groups excluding carboxylic acids is 1. The molecule has 0 atom stereocenters. The second kappa shape index (κ2) is 10.4. The fourth-order valence-corrected chi connectivity index (χ4v) is 6.54. The molecule has 2 aromatic carbocycles. The van der Waals surface area contributed by atoms with E-state index in [1.54, 1.807) is 0 Å². The second-order valence-corrected chi connectivity index (χ2v) is 12.3. The van der Waals surface area contributed by atoms with Gasteiger partial charge in [-0.05, 0) is 62.9 Å². The van der Waals surface area contributed by atoms with Gasteiger partial charge in [0.1, 0.15) is 18.4 Å². The van der Waals surface area contributed by atoms with Crippen molar-refractivity contribution < 1.29 is 44.3 Å². The summed E-state index contributed by atoms with van der Waals surface area (Å²) in [7, 11) is -4.19. The molecule has 0 bridgehead atoms. The number of sulfone groups is 1. The zero-order chi connectivity index (χ0) is 29.5. The summed E-state index contributed by atoms with van der Waals surface area (Å²) in [5.74, 6) is -1.58. The van der Waals surface area contributed by atoms with E-state index in [0.717, 1.165) is 41.3 Å². The maximum Gasteiger partial charge on any atom is 0.573 e. The average molecular weight is 591 g/mol. The van der Waals surface area contributed by atoms with Crippen LogP contribution in [-0.4, -0.2) is 58.2 Å². The quantitative estimate of drug-likeness (QED) is 0.363. The minimum absolute atomic E-state index is 0.00109. The molecule has 0 unspecified atom stereocenters. The molecule has 0 aliphatic carbocycles. The fourth-order valence-electron chi connectivity index (χ4n) is 4.72. The van der Waals surface area contributed by atoms with Gasteiger partial charge in [0, 0.05) is 19.2 Å². The molecule has 3 aromatic rings. The number of amides is 1. The number of aromatic nitrogens is 3. The molecule has 2 heterocycles. The van der Waals surface area contributed by atoms with E-state index >= 15 is 0 Å². The van der Waals surface area contributed by atoms with Crippen molar-refractivity contribution in [1.82, 2.24) is 19.7 Å². The van der Waals surface area contributed by atoms with Crippen LogP contribution in [0.25, 0.3) is 5.69 Å². The van der Waals surface area contributed by atoms with E-state index in [4.69, 9.17) is 0 Å². The van der Waals surface area contributed by atoms with Gasteiger partial charge >= 0.3 is 12.5 Å². The summed E-state index contributed by atoms with van der Waals surface area (Å²) in [6, 6.07) is 6.77. The van der Waals surface area contributed by atoms with Crippen molar-refractivity contribution in [1.29, 1.82) is 0 Å². The van der Waals surface area contributed by atoms with E-state index < -0.39 is 55.2 Å². The van der Waals surface area contributed by atoms with E-state index in [1.165, 1.54) is 31.1 Å². The van der Waals surface area contributed by atoms with Gasteiger partial charge in [-0.2, -0.15) is 18.3 Å². The Balaban J connectivity index is 1.54. The summed E-state index contributed by atoms with van der Waals surface area (Å²) < 4.78 is 108. The molecule has 4 rings (SSSR count). The second-order valence-electron chi connectivity index (χ2n) is 9.77. The first-order valence-electron chi connectivity index (χ1n) is 12.0. The highest BCUT2D eigenvalue weighted by Crippen LogP contribution is 2.40. The average Bonchev–Trinajstić information content (AvgIpc) is 3.42. The lowest BCUT2D eigenvalue weighted by atomic mass is 9.85. The molecule has 1 amide bonds. The lowest BCUT2D eigenvalue weighted by Gasteiger charge is -2.40. The van der Waals surface area contributed by atoms with E-state index in [-0.39, 0.29) is 37.2 Å². The van der Waals surface area contributed by atoms with Crippen LogP contribution < -0.4 is 4.74 Å². The number of carbonyl (C=O) groups is 1. The highest BCUT2D eigenvalue weighted by atomic mass is 32.2. The van der Waals surface area contributed by atoms with Crippen LogP contribution in [0.15, 0.2) is 60.0 Å². The maximum absolute atomic E-state index is 13.4. The predicted octanol–water partition coefficient (Wildman–Crippen LogP) is 5.29. The van der Waals surface area contributed by atoms with Gasteiger partial charge < -0.3 is 9.64 Å². The van der Waals surface area contributed by atoms with Crippen LogP contribution in [0.3, 0.4) is 0 Å².